The van der Waals surface area contributed by atoms with Crippen molar-refractivity contribution in [3.8, 4) is 0 Å². The molecule has 0 N–H and O–H groups in total. The molecule has 0 bridgehead atoms. The number of ether oxygens (including phenoxy) is 2. The average molecular weight is 227 g/mol. The number of rotatable bonds is 4. The van der Waals surface area contributed by atoms with E-state index in [-0.39, 0.29) is 12.0 Å². The highest BCUT2D eigenvalue weighted by Gasteiger charge is 2.31. The van der Waals surface area contributed by atoms with E-state index in [4.69, 9.17) is 9.47 Å². The first-order chi connectivity index (χ1) is 7.81. The summed E-state index contributed by atoms with van der Waals surface area (Å²) in [5.74, 6) is -0.0789. The summed E-state index contributed by atoms with van der Waals surface area (Å²) in [5.41, 5.74) is 0. The Bertz CT molecular complexity index is 238. The van der Waals surface area contributed by atoms with Crippen LogP contribution in [0.1, 0.15) is 32.1 Å². The molecule has 2 saturated heterocycles. The maximum atomic E-state index is 11.5. The van der Waals surface area contributed by atoms with Crippen LogP contribution in [0.2, 0.25) is 0 Å². The molecular weight excluding hydrogens is 206 g/mol. The van der Waals surface area contributed by atoms with E-state index < -0.39 is 0 Å². The summed E-state index contributed by atoms with van der Waals surface area (Å²) in [6.45, 7) is 2.89. The minimum absolute atomic E-state index is 0.00796. The fraction of sp³-hybridized carbons (Fsp3) is 0.917. The van der Waals surface area contributed by atoms with Crippen LogP contribution < -0.4 is 0 Å². The lowest BCUT2D eigenvalue weighted by molar-refractivity contribution is -0.145. The molecule has 16 heavy (non-hydrogen) atoms. The first-order valence-corrected chi connectivity index (χ1v) is 6.24. The lowest BCUT2D eigenvalue weighted by atomic mass is 10.1. The molecule has 0 aromatic heterocycles. The Morgan fingerprint density at radius 2 is 2.31 bits per heavy atom. The fourth-order valence-corrected chi connectivity index (χ4v) is 2.68. The maximum absolute atomic E-state index is 11.5. The third-order valence-electron chi connectivity index (χ3n) is 3.60. The molecule has 2 heterocycles. The van der Waals surface area contributed by atoms with Crippen molar-refractivity contribution < 1.29 is 14.3 Å². The summed E-state index contributed by atoms with van der Waals surface area (Å²) >= 11 is 0. The second kappa shape index (κ2) is 5.64. The lowest BCUT2D eigenvalue weighted by Gasteiger charge is -2.23. The van der Waals surface area contributed by atoms with Crippen molar-refractivity contribution in [1.82, 2.24) is 4.90 Å². The molecular formula is C12H21NO3. The molecule has 2 aliphatic heterocycles. The molecule has 2 rings (SSSR count). The quantitative estimate of drug-likeness (QED) is 0.676. The van der Waals surface area contributed by atoms with Gasteiger partial charge >= 0.3 is 5.97 Å². The van der Waals surface area contributed by atoms with E-state index in [9.17, 15) is 4.79 Å². The molecule has 0 radical (unpaired) electrons. The van der Waals surface area contributed by atoms with E-state index in [1.54, 1.807) is 0 Å². The van der Waals surface area contributed by atoms with Gasteiger partial charge in [0.2, 0.25) is 0 Å². The monoisotopic (exact) mass is 227 g/mol. The molecule has 92 valence electrons. The predicted octanol–water partition coefficient (Wildman–Crippen LogP) is 1.19. The van der Waals surface area contributed by atoms with Crippen LogP contribution in [0.4, 0.5) is 0 Å². The Morgan fingerprint density at radius 3 is 3.00 bits per heavy atom. The largest absolute Gasteiger partial charge is 0.468 e. The van der Waals surface area contributed by atoms with Gasteiger partial charge in [-0.15, -0.1) is 0 Å². The average Bonchev–Trinajstić information content (AvgIpc) is 2.96. The second-order valence-electron chi connectivity index (χ2n) is 4.64. The van der Waals surface area contributed by atoms with Gasteiger partial charge in [0.15, 0.2) is 0 Å². The van der Waals surface area contributed by atoms with Crippen LogP contribution in [0.5, 0.6) is 0 Å². The van der Waals surface area contributed by atoms with Crippen LogP contribution in [0, 0.1) is 0 Å². The Kier molecular flexibility index (Phi) is 4.18. The zero-order chi connectivity index (χ0) is 11.4. The van der Waals surface area contributed by atoms with Gasteiger partial charge in [-0.1, -0.05) is 0 Å². The van der Waals surface area contributed by atoms with Crippen LogP contribution >= 0.6 is 0 Å². The summed E-state index contributed by atoms with van der Waals surface area (Å²) in [6, 6.07) is -0.00796. The number of methoxy groups -OCH3 is 1. The lowest BCUT2D eigenvalue weighted by Crippen LogP contribution is -2.38. The molecule has 0 saturated carbocycles. The van der Waals surface area contributed by atoms with Gasteiger partial charge in [0.05, 0.1) is 13.2 Å². The van der Waals surface area contributed by atoms with E-state index in [0.717, 1.165) is 39.0 Å². The molecule has 2 unspecified atom stereocenters. The third-order valence-corrected chi connectivity index (χ3v) is 3.60. The molecule has 2 atom stereocenters. The topological polar surface area (TPSA) is 38.8 Å². The highest BCUT2D eigenvalue weighted by Crippen LogP contribution is 2.21. The molecule has 0 spiro atoms. The number of hydrogen-bond acceptors (Lipinski definition) is 4. The van der Waals surface area contributed by atoms with Crippen LogP contribution in [-0.2, 0) is 14.3 Å². The summed E-state index contributed by atoms with van der Waals surface area (Å²) in [6.07, 6.45) is 5.87. The summed E-state index contributed by atoms with van der Waals surface area (Å²) < 4.78 is 10.4. The van der Waals surface area contributed by atoms with Crippen LogP contribution in [-0.4, -0.2) is 49.8 Å². The number of carbonyl (C=O) groups is 1. The SMILES string of the molecule is COC(=O)C1CCCN1CCC1CCCO1. The normalized spacial score (nSPS) is 30.8. The predicted molar refractivity (Wildman–Crippen MR) is 60.2 cm³/mol. The molecule has 0 amide bonds. The number of nitrogens with zero attached hydrogens (tertiary/aromatic N) is 1. The van der Waals surface area contributed by atoms with Crippen molar-refractivity contribution in [2.45, 2.75) is 44.2 Å². The van der Waals surface area contributed by atoms with Crippen LogP contribution in [0.15, 0.2) is 0 Å². The standard InChI is InChI=1S/C12H21NO3/c1-15-12(14)11-5-2-7-13(11)8-6-10-4-3-9-16-10/h10-11H,2-9H2,1H3. The Hall–Kier alpha value is -0.610. The summed E-state index contributed by atoms with van der Waals surface area (Å²) in [5, 5.41) is 0. The van der Waals surface area contributed by atoms with Crippen molar-refractivity contribution in [3.63, 3.8) is 0 Å². The van der Waals surface area contributed by atoms with Gasteiger partial charge in [-0.05, 0) is 38.6 Å². The van der Waals surface area contributed by atoms with Crippen molar-refractivity contribution >= 4 is 5.97 Å². The van der Waals surface area contributed by atoms with Crippen molar-refractivity contribution in [1.29, 1.82) is 0 Å². The van der Waals surface area contributed by atoms with Gasteiger partial charge in [-0.25, -0.2) is 0 Å². The van der Waals surface area contributed by atoms with E-state index >= 15 is 0 Å². The van der Waals surface area contributed by atoms with Crippen LogP contribution in [0.25, 0.3) is 0 Å². The Balaban J connectivity index is 1.76. The fourth-order valence-electron chi connectivity index (χ4n) is 2.68. The zero-order valence-electron chi connectivity index (χ0n) is 9.98. The minimum atomic E-state index is -0.0789. The molecule has 0 aliphatic carbocycles. The zero-order valence-corrected chi connectivity index (χ0v) is 9.98. The molecule has 2 aliphatic rings. The number of likely N-dealkylation sites (tertiary alicyclic amines) is 1. The van der Waals surface area contributed by atoms with Crippen molar-refractivity contribution in [2.75, 3.05) is 26.8 Å². The highest BCUT2D eigenvalue weighted by molar-refractivity contribution is 5.75. The van der Waals surface area contributed by atoms with Crippen molar-refractivity contribution in [3.05, 3.63) is 0 Å². The van der Waals surface area contributed by atoms with E-state index in [1.807, 2.05) is 0 Å². The molecule has 4 heteroatoms. The van der Waals surface area contributed by atoms with Gasteiger partial charge in [-0.3, -0.25) is 9.69 Å². The molecule has 0 aromatic rings. The van der Waals surface area contributed by atoms with Gasteiger partial charge in [0.1, 0.15) is 6.04 Å². The smallest absolute Gasteiger partial charge is 0.323 e. The Morgan fingerprint density at radius 1 is 1.44 bits per heavy atom. The van der Waals surface area contributed by atoms with Gasteiger partial charge < -0.3 is 9.47 Å². The van der Waals surface area contributed by atoms with Crippen molar-refractivity contribution in [2.24, 2.45) is 0 Å². The van der Waals surface area contributed by atoms with E-state index in [1.165, 1.54) is 20.0 Å². The highest BCUT2D eigenvalue weighted by atomic mass is 16.5. The summed E-state index contributed by atoms with van der Waals surface area (Å²) in [7, 11) is 1.47. The second-order valence-corrected chi connectivity index (χ2v) is 4.64. The van der Waals surface area contributed by atoms with Crippen LogP contribution in [0.3, 0.4) is 0 Å². The molecule has 2 fully saturated rings. The molecule has 0 aromatic carbocycles. The number of carbonyl (C=O) groups excluding carboxylic acids is 1. The third kappa shape index (κ3) is 2.74. The van der Waals surface area contributed by atoms with Gasteiger partial charge in [0, 0.05) is 13.2 Å². The summed E-state index contributed by atoms with van der Waals surface area (Å²) in [4.78, 5) is 13.8. The number of esters is 1. The molecule has 4 nitrogen and oxygen atoms in total. The maximum Gasteiger partial charge on any atom is 0.323 e. The minimum Gasteiger partial charge on any atom is -0.468 e. The first kappa shape index (κ1) is 11.9. The van der Waals surface area contributed by atoms with Gasteiger partial charge in [0.25, 0.3) is 0 Å². The van der Waals surface area contributed by atoms with E-state index in [2.05, 4.69) is 4.90 Å². The number of hydrogen-bond donors (Lipinski definition) is 0. The van der Waals surface area contributed by atoms with Gasteiger partial charge in [-0.2, -0.15) is 0 Å². The Labute approximate surface area is 96.9 Å². The first-order valence-electron chi connectivity index (χ1n) is 6.24. The van der Waals surface area contributed by atoms with E-state index in [0.29, 0.717) is 6.10 Å².